The Morgan fingerprint density at radius 1 is 1.06 bits per heavy atom. The molecule has 0 N–H and O–H groups in total. The van der Waals surface area contributed by atoms with Gasteiger partial charge in [0, 0.05) is 17.8 Å². The molecule has 0 aromatic rings. The van der Waals surface area contributed by atoms with Crippen molar-refractivity contribution in [2.24, 2.45) is 23.7 Å². The first-order valence-corrected chi connectivity index (χ1v) is 6.83. The monoisotopic (exact) mass is 237 g/mol. The van der Waals surface area contributed by atoms with E-state index >= 15 is 0 Å². The zero-order chi connectivity index (χ0) is 12.3. The molecule has 2 rings (SSSR count). The summed E-state index contributed by atoms with van der Waals surface area (Å²) in [7, 11) is 0. The van der Waals surface area contributed by atoms with Crippen molar-refractivity contribution in [3.05, 3.63) is 0 Å². The van der Waals surface area contributed by atoms with Crippen LogP contribution in [0.15, 0.2) is 0 Å². The lowest BCUT2D eigenvalue weighted by atomic mass is 9.82. The van der Waals surface area contributed by atoms with Crippen LogP contribution in [-0.2, 0) is 9.47 Å². The van der Waals surface area contributed by atoms with Gasteiger partial charge in [0.1, 0.15) is 0 Å². The SMILES string of the molecule is CC(C)[C@H]1CO[C@H](C2CCC(C#N)CC2)OC1. The van der Waals surface area contributed by atoms with E-state index in [0.29, 0.717) is 17.8 Å². The van der Waals surface area contributed by atoms with Crippen LogP contribution in [-0.4, -0.2) is 19.5 Å². The standard InChI is InChI=1S/C14H23NO2/c1-10(2)13-8-16-14(17-9-13)12-5-3-11(7-15)4-6-12/h10-14H,3-6,8-9H2,1-2H3/t11?,12?,13-,14-. The van der Waals surface area contributed by atoms with E-state index in [1.54, 1.807) is 0 Å². The summed E-state index contributed by atoms with van der Waals surface area (Å²) in [6.45, 7) is 6.10. The van der Waals surface area contributed by atoms with Crippen LogP contribution in [0.5, 0.6) is 0 Å². The Morgan fingerprint density at radius 2 is 1.65 bits per heavy atom. The number of hydrogen-bond donors (Lipinski definition) is 0. The molecule has 0 radical (unpaired) electrons. The lowest BCUT2D eigenvalue weighted by Gasteiger charge is -2.37. The molecule has 0 spiro atoms. The normalized spacial score (nSPS) is 38.9. The van der Waals surface area contributed by atoms with E-state index in [-0.39, 0.29) is 12.2 Å². The first kappa shape index (κ1) is 12.9. The molecule has 0 aromatic heterocycles. The number of nitriles is 1. The second-order valence-electron chi connectivity index (χ2n) is 5.78. The van der Waals surface area contributed by atoms with Gasteiger partial charge < -0.3 is 9.47 Å². The van der Waals surface area contributed by atoms with Gasteiger partial charge in [-0.3, -0.25) is 0 Å². The fourth-order valence-corrected chi connectivity index (χ4v) is 2.71. The predicted molar refractivity (Wildman–Crippen MR) is 65.1 cm³/mol. The van der Waals surface area contributed by atoms with Gasteiger partial charge in [-0.15, -0.1) is 0 Å². The molecular formula is C14H23NO2. The molecule has 0 bridgehead atoms. The number of hydrogen-bond acceptors (Lipinski definition) is 3. The van der Waals surface area contributed by atoms with Crippen LogP contribution in [0.3, 0.4) is 0 Å². The van der Waals surface area contributed by atoms with Gasteiger partial charge in [-0.2, -0.15) is 5.26 Å². The molecular weight excluding hydrogens is 214 g/mol. The van der Waals surface area contributed by atoms with E-state index in [1.165, 1.54) is 0 Å². The minimum atomic E-state index is -0.00959. The molecule has 96 valence electrons. The average molecular weight is 237 g/mol. The van der Waals surface area contributed by atoms with E-state index in [1.807, 2.05) is 0 Å². The first-order valence-electron chi connectivity index (χ1n) is 6.83. The van der Waals surface area contributed by atoms with Crippen molar-refractivity contribution < 1.29 is 9.47 Å². The van der Waals surface area contributed by atoms with Crippen molar-refractivity contribution in [2.75, 3.05) is 13.2 Å². The summed E-state index contributed by atoms with van der Waals surface area (Å²) >= 11 is 0. The van der Waals surface area contributed by atoms with E-state index in [0.717, 1.165) is 38.9 Å². The molecule has 0 atom stereocenters. The molecule has 2 fully saturated rings. The van der Waals surface area contributed by atoms with Crippen molar-refractivity contribution >= 4 is 0 Å². The van der Waals surface area contributed by atoms with Gasteiger partial charge in [0.15, 0.2) is 6.29 Å². The van der Waals surface area contributed by atoms with E-state index in [4.69, 9.17) is 14.7 Å². The van der Waals surface area contributed by atoms with Crippen LogP contribution < -0.4 is 0 Å². The number of rotatable bonds is 2. The first-order chi connectivity index (χ1) is 8.20. The van der Waals surface area contributed by atoms with E-state index in [2.05, 4.69) is 19.9 Å². The van der Waals surface area contributed by atoms with Crippen LogP contribution in [0.1, 0.15) is 39.5 Å². The maximum absolute atomic E-state index is 8.87. The summed E-state index contributed by atoms with van der Waals surface area (Å²) in [5, 5.41) is 8.87. The second kappa shape index (κ2) is 5.84. The highest BCUT2D eigenvalue weighted by Crippen LogP contribution is 2.34. The van der Waals surface area contributed by atoms with Crippen molar-refractivity contribution in [1.82, 2.24) is 0 Å². The summed E-state index contributed by atoms with van der Waals surface area (Å²) in [4.78, 5) is 0. The maximum Gasteiger partial charge on any atom is 0.160 e. The molecule has 1 saturated heterocycles. The highest BCUT2D eigenvalue weighted by Gasteiger charge is 2.33. The van der Waals surface area contributed by atoms with Crippen LogP contribution in [0, 0.1) is 35.0 Å². The molecule has 3 heteroatoms. The minimum Gasteiger partial charge on any atom is -0.352 e. The van der Waals surface area contributed by atoms with Crippen LogP contribution in [0.4, 0.5) is 0 Å². The summed E-state index contributed by atoms with van der Waals surface area (Å²) in [5.41, 5.74) is 0. The fourth-order valence-electron chi connectivity index (χ4n) is 2.71. The van der Waals surface area contributed by atoms with Gasteiger partial charge in [-0.05, 0) is 31.6 Å². The maximum atomic E-state index is 8.87. The Balaban J connectivity index is 1.76. The Bertz CT molecular complexity index is 268. The molecule has 1 aliphatic heterocycles. The number of nitrogens with zero attached hydrogens (tertiary/aromatic N) is 1. The predicted octanol–water partition coefficient (Wildman–Crippen LogP) is 2.96. The zero-order valence-corrected chi connectivity index (χ0v) is 10.9. The summed E-state index contributed by atoms with van der Waals surface area (Å²) in [6.07, 6.45) is 4.17. The quantitative estimate of drug-likeness (QED) is 0.741. The highest BCUT2D eigenvalue weighted by molar-refractivity contribution is 4.88. The van der Waals surface area contributed by atoms with Crippen molar-refractivity contribution in [3.8, 4) is 6.07 Å². The summed E-state index contributed by atoms with van der Waals surface area (Å²) in [6, 6.07) is 2.37. The highest BCUT2D eigenvalue weighted by atomic mass is 16.7. The van der Waals surface area contributed by atoms with Crippen LogP contribution in [0.25, 0.3) is 0 Å². The Labute approximate surface area is 104 Å². The van der Waals surface area contributed by atoms with Crippen molar-refractivity contribution in [1.29, 1.82) is 5.26 Å². The van der Waals surface area contributed by atoms with E-state index < -0.39 is 0 Å². The fraction of sp³-hybridized carbons (Fsp3) is 0.929. The van der Waals surface area contributed by atoms with Crippen LogP contribution >= 0.6 is 0 Å². The van der Waals surface area contributed by atoms with Crippen molar-refractivity contribution in [2.45, 2.75) is 45.8 Å². The van der Waals surface area contributed by atoms with Gasteiger partial charge in [-0.25, -0.2) is 0 Å². The number of ether oxygens (including phenoxy) is 2. The topological polar surface area (TPSA) is 42.2 Å². The Morgan fingerprint density at radius 3 is 2.12 bits per heavy atom. The average Bonchev–Trinajstić information content (AvgIpc) is 2.39. The molecule has 1 saturated carbocycles. The lowest BCUT2D eigenvalue weighted by Crippen LogP contribution is -2.39. The molecule has 3 nitrogen and oxygen atoms in total. The second-order valence-corrected chi connectivity index (χ2v) is 5.78. The van der Waals surface area contributed by atoms with Gasteiger partial charge in [0.05, 0.1) is 19.3 Å². The lowest BCUT2D eigenvalue weighted by molar-refractivity contribution is -0.233. The smallest absolute Gasteiger partial charge is 0.160 e. The Hall–Kier alpha value is -0.590. The van der Waals surface area contributed by atoms with Gasteiger partial charge in [0.25, 0.3) is 0 Å². The summed E-state index contributed by atoms with van der Waals surface area (Å²) < 4.78 is 11.7. The van der Waals surface area contributed by atoms with Gasteiger partial charge in [-0.1, -0.05) is 13.8 Å². The van der Waals surface area contributed by atoms with Gasteiger partial charge >= 0.3 is 0 Å². The minimum absolute atomic E-state index is 0.00959. The molecule has 0 aromatic carbocycles. The van der Waals surface area contributed by atoms with Crippen molar-refractivity contribution in [3.63, 3.8) is 0 Å². The van der Waals surface area contributed by atoms with E-state index in [9.17, 15) is 0 Å². The molecule has 1 heterocycles. The third-order valence-corrected chi connectivity index (χ3v) is 4.23. The molecule has 17 heavy (non-hydrogen) atoms. The Kier molecular flexibility index (Phi) is 4.42. The zero-order valence-electron chi connectivity index (χ0n) is 10.9. The third kappa shape index (κ3) is 3.20. The van der Waals surface area contributed by atoms with Crippen LogP contribution in [0.2, 0.25) is 0 Å². The molecule has 0 amide bonds. The third-order valence-electron chi connectivity index (χ3n) is 4.23. The molecule has 2 aliphatic rings. The van der Waals surface area contributed by atoms with Gasteiger partial charge in [0.2, 0.25) is 0 Å². The molecule has 0 unspecified atom stereocenters. The summed E-state index contributed by atoms with van der Waals surface area (Å²) in [5.74, 6) is 1.94. The largest absolute Gasteiger partial charge is 0.352 e. The molecule has 1 aliphatic carbocycles.